The molecule has 1 heterocycles. The summed E-state index contributed by atoms with van der Waals surface area (Å²) in [7, 11) is -3.69. The van der Waals surface area contributed by atoms with Gasteiger partial charge < -0.3 is 0 Å². The predicted molar refractivity (Wildman–Crippen MR) is 111 cm³/mol. The summed E-state index contributed by atoms with van der Waals surface area (Å²) in [6.45, 7) is 4.48. The number of para-hydroxylation sites is 1. The van der Waals surface area contributed by atoms with Crippen LogP contribution in [0.3, 0.4) is 0 Å². The topological polar surface area (TPSA) is 50.3 Å². The molecule has 27 heavy (non-hydrogen) atoms. The second-order valence-corrected chi connectivity index (χ2v) is 9.51. The second-order valence-electron chi connectivity index (χ2n) is 6.78. The molecule has 0 spiro atoms. The lowest BCUT2D eigenvalue weighted by Gasteiger charge is -2.24. The maximum absolute atomic E-state index is 13.2. The molecule has 1 aromatic heterocycles. The van der Waals surface area contributed by atoms with Crippen LogP contribution in [-0.2, 0) is 16.6 Å². The Morgan fingerprint density at radius 3 is 2.37 bits per heavy atom. The lowest BCUT2D eigenvalue weighted by atomic mass is 10.1. The molecule has 3 aromatic rings. The van der Waals surface area contributed by atoms with E-state index in [9.17, 15) is 8.42 Å². The smallest absolute Gasteiger partial charge is 0.236 e. The Morgan fingerprint density at radius 2 is 1.70 bits per heavy atom. The fraction of sp³-hybridized carbons (Fsp3) is 0.250. The van der Waals surface area contributed by atoms with E-state index in [0.29, 0.717) is 22.3 Å². The van der Waals surface area contributed by atoms with Crippen molar-refractivity contribution in [1.29, 1.82) is 0 Å². The van der Waals surface area contributed by atoms with Gasteiger partial charge in [0.2, 0.25) is 10.0 Å². The minimum absolute atomic E-state index is 0.152. The summed E-state index contributed by atoms with van der Waals surface area (Å²) in [5, 5.41) is 1.73. The summed E-state index contributed by atoms with van der Waals surface area (Å²) in [6, 6.07) is 15.7. The van der Waals surface area contributed by atoms with Crippen molar-refractivity contribution in [3.8, 4) is 0 Å². The van der Waals surface area contributed by atoms with Gasteiger partial charge in [-0.15, -0.1) is 0 Å². The zero-order valence-corrected chi connectivity index (χ0v) is 17.4. The predicted octanol–water partition coefficient (Wildman–Crippen LogP) is 5.39. The summed E-state index contributed by atoms with van der Waals surface area (Å²) in [6.07, 6.45) is 0. The number of hydrogen-bond donors (Lipinski definition) is 0. The van der Waals surface area contributed by atoms with Gasteiger partial charge in [0, 0.05) is 29.1 Å². The molecule has 0 amide bonds. The van der Waals surface area contributed by atoms with E-state index in [1.807, 2.05) is 44.2 Å². The fourth-order valence-electron chi connectivity index (χ4n) is 2.85. The minimum atomic E-state index is -3.69. The van der Waals surface area contributed by atoms with Gasteiger partial charge in [0.05, 0.1) is 10.4 Å². The van der Waals surface area contributed by atoms with E-state index in [4.69, 9.17) is 23.2 Å². The van der Waals surface area contributed by atoms with Crippen LogP contribution in [0.1, 0.15) is 19.4 Å². The highest BCUT2D eigenvalue weighted by Gasteiger charge is 2.26. The maximum atomic E-state index is 13.2. The SMILES string of the molecule is CC(C)CN(Cc1cc2ccccc2nc1Cl)S(=O)(=O)c1ccc(Cl)cc1. The highest BCUT2D eigenvalue weighted by Crippen LogP contribution is 2.26. The molecule has 4 nitrogen and oxygen atoms in total. The Bertz CT molecular complexity index is 1050. The van der Waals surface area contributed by atoms with Crippen molar-refractivity contribution in [2.75, 3.05) is 6.54 Å². The number of benzene rings is 2. The van der Waals surface area contributed by atoms with Gasteiger partial charge >= 0.3 is 0 Å². The molecule has 2 aromatic carbocycles. The van der Waals surface area contributed by atoms with E-state index in [1.165, 1.54) is 16.4 Å². The molecule has 0 fully saturated rings. The number of sulfonamides is 1. The summed E-state index contributed by atoms with van der Waals surface area (Å²) in [5.41, 5.74) is 1.45. The molecule has 0 aliphatic heterocycles. The molecule has 0 atom stereocenters. The average molecular weight is 423 g/mol. The Hall–Kier alpha value is -1.66. The average Bonchev–Trinajstić information content (AvgIpc) is 2.61. The van der Waals surface area contributed by atoms with Crippen LogP contribution in [0.2, 0.25) is 10.2 Å². The van der Waals surface area contributed by atoms with Gasteiger partial charge in [0.25, 0.3) is 0 Å². The second kappa shape index (κ2) is 8.15. The van der Waals surface area contributed by atoms with Crippen molar-refractivity contribution in [3.05, 3.63) is 70.3 Å². The van der Waals surface area contributed by atoms with E-state index in [-0.39, 0.29) is 17.4 Å². The molecular weight excluding hydrogens is 403 g/mol. The Balaban J connectivity index is 2.00. The van der Waals surface area contributed by atoms with Crippen LogP contribution in [0.15, 0.2) is 59.5 Å². The van der Waals surface area contributed by atoms with E-state index in [0.717, 1.165) is 10.9 Å². The zero-order chi connectivity index (χ0) is 19.6. The van der Waals surface area contributed by atoms with Crippen molar-refractivity contribution >= 4 is 44.1 Å². The molecule has 0 saturated heterocycles. The maximum Gasteiger partial charge on any atom is 0.243 e. The number of halogens is 2. The standard InChI is InChI=1S/C20H20Cl2N2O2S/c1-14(2)12-24(27(25,26)18-9-7-17(21)8-10-18)13-16-11-15-5-3-4-6-19(15)23-20(16)22/h3-11,14H,12-13H2,1-2H3. The lowest BCUT2D eigenvalue weighted by Crippen LogP contribution is -2.34. The third-order valence-electron chi connectivity index (χ3n) is 4.12. The van der Waals surface area contributed by atoms with Gasteiger partial charge in [-0.05, 0) is 42.3 Å². The highest BCUT2D eigenvalue weighted by molar-refractivity contribution is 7.89. The lowest BCUT2D eigenvalue weighted by molar-refractivity contribution is 0.362. The van der Waals surface area contributed by atoms with Crippen molar-refractivity contribution in [3.63, 3.8) is 0 Å². The quantitative estimate of drug-likeness (QED) is 0.500. The Labute approximate surface area is 169 Å². The fourth-order valence-corrected chi connectivity index (χ4v) is 4.76. The molecule has 0 N–H and O–H groups in total. The van der Waals surface area contributed by atoms with Crippen molar-refractivity contribution < 1.29 is 8.42 Å². The number of nitrogens with zero attached hydrogens (tertiary/aromatic N) is 2. The molecule has 0 aliphatic carbocycles. The Kier molecular flexibility index (Phi) is 6.06. The summed E-state index contributed by atoms with van der Waals surface area (Å²) in [5.74, 6) is 0.152. The molecule has 0 saturated carbocycles. The minimum Gasteiger partial charge on any atom is -0.236 e. The normalized spacial score (nSPS) is 12.2. The largest absolute Gasteiger partial charge is 0.243 e. The molecule has 0 radical (unpaired) electrons. The Morgan fingerprint density at radius 1 is 1.04 bits per heavy atom. The first kappa shape index (κ1) is 20.1. The van der Waals surface area contributed by atoms with E-state index in [2.05, 4.69) is 4.98 Å². The van der Waals surface area contributed by atoms with Gasteiger partial charge in [-0.2, -0.15) is 4.31 Å². The van der Waals surface area contributed by atoms with Crippen LogP contribution in [-0.4, -0.2) is 24.3 Å². The number of hydrogen-bond acceptors (Lipinski definition) is 3. The van der Waals surface area contributed by atoms with Crippen molar-refractivity contribution in [2.24, 2.45) is 5.92 Å². The first-order chi connectivity index (χ1) is 12.8. The van der Waals surface area contributed by atoms with Crippen LogP contribution in [0.25, 0.3) is 10.9 Å². The summed E-state index contributed by atoms with van der Waals surface area (Å²) in [4.78, 5) is 4.61. The monoisotopic (exact) mass is 422 g/mol. The summed E-state index contributed by atoms with van der Waals surface area (Å²) >= 11 is 12.2. The zero-order valence-electron chi connectivity index (χ0n) is 15.1. The third kappa shape index (κ3) is 4.61. The molecule has 3 rings (SSSR count). The molecule has 0 aliphatic rings. The van der Waals surface area contributed by atoms with E-state index < -0.39 is 10.0 Å². The van der Waals surface area contributed by atoms with E-state index in [1.54, 1.807) is 12.1 Å². The molecule has 7 heteroatoms. The molecule has 0 bridgehead atoms. The van der Waals surface area contributed by atoms with Gasteiger partial charge in [-0.25, -0.2) is 13.4 Å². The molecule has 142 valence electrons. The highest BCUT2D eigenvalue weighted by atomic mass is 35.5. The number of fused-ring (bicyclic) bond motifs is 1. The number of pyridine rings is 1. The summed E-state index contributed by atoms with van der Waals surface area (Å²) < 4.78 is 27.8. The van der Waals surface area contributed by atoms with E-state index >= 15 is 0 Å². The first-order valence-corrected chi connectivity index (χ1v) is 10.8. The number of aromatic nitrogens is 1. The van der Waals surface area contributed by atoms with Crippen molar-refractivity contribution in [2.45, 2.75) is 25.3 Å². The first-order valence-electron chi connectivity index (χ1n) is 8.57. The van der Waals surface area contributed by atoms with Gasteiger partial charge in [0.1, 0.15) is 5.15 Å². The van der Waals surface area contributed by atoms with Crippen LogP contribution < -0.4 is 0 Å². The van der Waals surface area contributed by atoms with Crippen LogP contribution in [0, 0.1) is 5.92 Å². The van der Waals surface area contributed by atoms with Crippen LogP contribution in [0.4, 0.5) is 0 Å². The van der Waals surface area contributed by atoms with Gasteiger partial charge in [0.15, 0.2) is 0 Å². The molecular formula is C20H20Cl2N2O2S. The third-order valence-corrected chi connectivity index (χ3v) is 6.52. The molecule has 0 unspecified atom stereocenters. The van der Waals surface area contributed by atoms with Gasteiger partial charge in [-0.1, -0.05) is 55.2 Å². The van der Waals surface area contributed by atoms with Crippen LogP contribution >= 0.6 is 23.2 Å². The van der Waals surface area contributed by atoms with Gasteiger partial charge in [-0.3, -0.25) is 0 Å². The number of rotatable bonds is 6. The van der Waals surface area contributed by atoms with Crippen LogP contribution in [0.5, 0.6) is 0 Å². The van der Waals surface area contributed by atoms with Crippen molar-refractivity contribution in [1.82, 2.24) is 9.29 Å².